The van der Waals surface area contributed by atoms with Crippen molar-refractivity contribution in [2.45, 2.75) is 26.7 Å². The Morgan fingerprint density at radius 3 is 2.63 bits per heavy atom. The average Bonchev–Trinajstić information content (AvgIpc) is 3.16. The maximum atomic E-state index is 12.1. The van der Waals surface area contributed by atoms with Crippen LogP contribution in [-0.2, 0) is 0 Å². The molecule has 1 aromatic rings. The third-order valence-electron chi connectivity index (χ3n) is 4.14. The third-order valence-corrected chi connectivity index (χ3v) is 4.14. The summed E-state index contributed by atoms with van der Waals surface area (Å²) in [6, 6.07) is 5.08. The number of amides is 1. The Morgan fingerprint density at radius 2 is 2.11 bits per heavy atom. The van der Waals surface area contributed by atoms with Gasteiger partial charge in [-0.3, -0.25) is 4.79 Å². The van der Waals surface area contributed by atoms with E-state index < -0.39 is 0 Å². The standard InChI is InChI=1S/C15H22N2O2/c1-10(2)15(4-5-15)9-17-14(18)11-6-12(16)8-13(7-11)19-3/h6-8,10H,4-5,9,16H2,1-3H3,(H,17,18). The number of nitrogens with one attached hydrogen (secondary N) is 1. The average molecular weight is 262 g/mol. The zero-order valence-corrected chi connectivity index (χ0v) is 11.8. The van der Waals surface area contributed by atoms with Gasteiger partial charge in [0.1, 0.15) is 5.75 Å². The van der Waals surface area contributed by atoms with Crippen LogP contribution in [0.3, 0.4) is 0 Å². The first-order valence-corrected chi connectivity index (χ1v) is 6.69. The van der Waals surface area contributed by atoms with Crippen molar-refractivity contribution in [1.82, 2.24) is 5.32 Å². The second-order valence-corrected chi connectivity index (χ2v) is 5.69. The molecule has 0 aromatic heterocycles. The highest BCUT2D eigenvalue weighted by atomic mass is 16.5. The predicted octanol–water partition coefficient (Wildman–Crippen LogP) is 2.44. The lowest BCUT2D eigenvalue weighted by Gasteiger charge is -2.20. The molecule has 0 aliphatic heterocycles. The monoisotopic (exact) mass is 262 g/mol. The molecule has 2 rings (SSSR count). The molecule has 0 heterocycles. The Kier molecular flexibility index (Phi) is 3.69. The summed E-state index contributed by atoms with van der Waals surface area (Å²) in [5.41, 5.74) is 7.15. The molecule has 19 heavy (non-hydrogen) atoms. The fourth-order valence-electron chi connectivity index (χ4n) is 2.35. The summed E-state index contributed by atoms with van der Waals surface area (Å²) in [6.07, 6.45) is 2.40. The topological polar surface area (TPSA) is 64.3 Å². The van der Waals surface area contributed by atoms with E-state index in [-0.39, 0.29) is 5.91 Å². The van der Waals surface area contributed by atoms with Crippen molar-refractivity contribution >= 4 is 11.6 Å². The lowest BCUT2D eigenvalue weighted by atomic mass is 9.92. The molecule has 0 bridgehead atoms. The van der Waals surface area contributed by atoms with Crippen LogP contribution in [0.2, 0.25) is 0 Å². The Labute approximate surface area is 114 Å². The number of anilines is 1. The van der Waals surface area contributed by atoms with Gasteiger partial charge in [0.25, 0.3) is 5.91 Å². The van der Waals surface area contributed by atoms with E-state index in [1.807, 2.05) is 0 Å². The van der Waals surface area contributed by atoms with Crippen LogP contribution >= 0.6 is 0 Å². The van der Waals surface area contributed by atoms with Crippen molar-refractivity contribution in [3.63, 3.8) is 0 Å². The molecule has 1 aliphatic carbocycles. The number of carbonyl (C=O) groups excluding carboxylic acids is 1. The van der Waals surface area contributed by atoms with E-state index in [2.05, 4.69) is 19.2 Å². The van der Waals surface area contributed by atoms with Crippen LogP contribution in [0, 0.1) is 11.3 Å². The Hall–Kier alpha value is -1.71. The minimum absolute atomic E-state index is 0.0856. The van der Waals surface area contributed by atoms with Crippen molar-refractivity contribution in [3.8, 4) is 5.75 Å². The molecule has 3 N–H and O–H groups in total. The van der Waals surface area contributed by atoms with Gasteiger partial charge in [-0.25, -0.2) is 0 Å². The molecule has 0 spiro atoms. The number of nitrogens with two attached hydrogens (primary N) is 1. The molecule has 0 saturated heterocycles. The smallest absolute Gasteiger partial charge is 0.251 e. The van der Waals surface area contributed by atoms with Gasteiger partial charge in [0, 0.05) is 23.9 Å². The second-order valence-electron chi connectivity index (χ2n) is 5.69. The number of rotatable bonds is 5. The first kappa shape index (κ1) is 13.7. The third kappa shape index (κ3) is 3.00. The van der Waals surface area contributed by atoms with Gasteiger partial charge in [0.15, 0.2) is 0 Å². The summed E-state index contributed by atoms with van der Waals surface area (Å²) in [5.74, 6) is 1.12. The lowest BCUT2D eigenvalue weighted by Crippen LogP contribution is -2.32. The molecule has 0 atom stereocenters. The molecular formula is C15H22N2O2. The van der Waals surface area contributed by atoms with E-state index >= 15 is 0 Å². The van der Waals surface area contributed by atoms with Gasteiger partial charge in [-0.05, 0) is 36.3 Å². The highest BCUT2D eigenvalue weighted by Gasteiger charge is 2.45. The predicted molar refractivity (Wildman–Crippen MR) is 76.2 cm³/mol. The quantitative estimate of drug-likeness (QED) is 0.801. The van der Waals surface area contributed by atoms with Crippen LogP contribution in [0.15, 0.2) is 18.2 Å². The van der Waals surface area contributed by atoms with E-state index in [0.717, 1.165) is 6.54 Å². The number of benzene rings is 1. The normalized spacial score (nSPS) is 16.2. The van der Waals surface area contributed by atoms with Crippen molar-refractivity contribution < 1.29 is 9.53 Å². The number of carbonyl (C=O) groups is 1. The number of methoxy groups -OCH3 is 1. The van der Waals surface area contributed by atoms with E-state index in [0.29, 0.717) is 28.3 Å². The molecular weight excluding hydrogens is 240 g/mol. The Balaban J connectivity index is 2.02. The zero-order valence-electron chi connectivity index (χ0n) is 11.8. The fraction of sp³-hybridized carbons (Fsp3) is 0.533. The van der Waals surface area contributed by atoms with Crippen LogP contribution < -0.4 is 15.8 Å². The summed E-state index contributed by atoms with van der Waals surface area (Å²) >= 11 is 0. The second kappa shape index (κ2) is 5.11. The highest BCUT2D eigenvalue weighted by molar-refractivity contribution is 5.95. The zero-order chi connectivity index (χ0) is 14.0. The molecule has 0 radical (unpaired) electrons. The van der Waals surface area contributed by atoms with Crippen LogP contribution in [0.4, 0.5) is 5.69 Å². The number of hydrogen-bond acceptors (Lipinski definition) is 3. The summed E-state index contributed by atoms with van der Waals surface area (Å²) in [6.45, 7) is 5.16. The van der Waals surface area contributed by atoms with Gasteiger partial charge in [0.2, 0.25) is 0 Å². The molecule has 4 nitrogen and oxygen atoms in total. The molecule has 1 aromatic carbocycles. The van der Waals surface area contributed by atoms with Crippen molar-refractivity contribution in [2.24, 2.45) is 11.3 Å². The van der Waals surface area contributed by atoms with Crippen molar-refractivity contribution in [2.75, 3.05) is 19.4 Å². The summed E-state index contributed by atoms with van der Waals surface area (Å²) < 4.78 is 5.12. The molecule has 0 unspecified atom stereocenters. The van der Waals surface area contributed by atoms with Gasteiger partial charge in [-0.1, -0.05) is 13.8 Å². The summed E-state index contributed by atoms with van der Waals surface area (Å²) in [7, 11) is 1.56. The molecule has 104 valence electrons. The largest absolute Gasteiger partial charge is 0.497 e. The molecule has 4 heteroatoms. The van der Waals surface area contributed by atoms with E-state index in [4.69, 9.17) is 10.5 Å². The SMILES string of the molecule is COc1cc(N)cc(C(=O)NCC2(C(C)C)CC2)c1. The summed E-state index contributed by atoms with van der Waals surface area (Å²) in [5, 5.41) is 3.01. The molecule has 1 amide bonds. The van der Waals surface area contributed by atoms with E-state index in [1.54, 1.807) is 25.3 Å². The van der Waals surface area contributed by atoms with Gasteiger partial charge in [-0.15, -0.1) is 0 Å². The Bertz CT molecular complexity index is 479. The summed E-state index contributed by atoms with van der Waals surface area (Å²) in [4.78, 5) is 12.1. The molecule has 1 aliphatic rings. The molecule has 1 saturated carbocycles. The van der Waals surface area contributed by atoms with Gasteiger partial charge in [0.05, 0.1) is 7.11 Å². The minimum Gasteiger partial charge on any atom is -0.497 e. The van der Waals surface area contributed by atoms with Gasteiger partial charge in [-0.2, -0.15) is 0 Å². The first-order chi connectivity index (χ1) is 8.97. The molecule has 1 fully saturated rings. The maximum Gasteiger partial charge on any atom is 0.251 e. The van der Waals surface area contributed by atoms with E-state index in [9.17, 15) is 4.79 Å². The lowest BCUT2D eigenvalue weighted by molar-refractivity contribution is 0.0939. The first-order valence-electron chi connectivity index (χ1n) is 6.69. The highest BCUT2D eigenvalue weighted by Crippen LogP contribution is 2.51. The fourth-order valence-corrected chi connectivity index (χ4v) is 2.35. The maximum absolute atomic E-state index is 12.1. The van der Waals surface area contributed by atoms with E-state index in [1.165, 1.54) is 12.8 Å². The van der Waals surface area contributed by atoms with Crippen LogP contribution in [0.1, 0.15) is 37.0 Å². The Morgan fingerprint density at radius 1 is 1.42 bits per heavy atom. The van der Waals surface area contributed by atoms with Gasteiger partial charge >= 0.3 is 0 Å². The van der Waals surface area contributed by atoms with Crippen LogP contribution in [0.5, 0.6) is 5.75 Å². The van der Waals surface area contributed by atoms with Crippen LogP contribution in [-0.4, -0.2) is 19.6 Å². The van der Waals surface area contributed by atoms with Gasteiger partial charge < -0.3 is 15.8 Å². The van der Waals surface area contributed by atoms with Crippen LogP contribution in [0.25, 0.3) is 0 Å². The minimum atomic E-state index is -0.0856. The van der Waals surface area contributed by atoms with Crippen molar-refractivity contribution in [3.05, 3.63) is 23.8 Å². The number of ether oxygens (including phenoxy) is 1. The number of hydrogen-bond donors (Lipinski definition) is 2. The van der Waals surface area contributed by atoms with Crippen molar-refractivity contribution in [1.29, 1.82) is 0 Å². The number of nitrogen functional groups attached to an aromatic ring is 1.